The Morgan fingerprint density at radius 1 is 0.659 bits per heavy atom. The van der Waals surface area contributed by atoms with Gasteiger partial charge in [-0.25, -0.2) is 4.98 Å². The number of anilines is 4. The van der Waals surface area contributed by atoms with Crippen molar-refractivity contribution < 1.29 is 13.3 Å². The van der Waals surface area contributed by atoms with Crippen LogP contribution in [0.2, 0.25) is 0 Å². The average Bonchev–Trinajstić information content (AvgIpc) is 3.72. The van der Waals surface area contributed by atoms with Gasteiger partial charge in [0.2, 0.25) is 5.71 Å². The Morgan fingerprint density at radius 2 is 1.50 bits per heavy atom. The number of allylic oxidation sites excluding steroid dienone is 1. The minimum absolute atomic E-state index is 0.396. The van der Waals surface area contributed by atoms with Gasteiger partial charge in [-0.05, 0) is 73.0 Å². The van der Waals surface area contributed by atoms with E-state index in [4.69, 9.17) is 19.0 Å². The summed E-state index contributed by atoms with van der Waals surface area (Å²) in [6.07, 6.45) is 5.70. The van der Waals surface area contributed by atoms with Crippen molar-refractivity contribution >= 4 is 94.8 Å². The van der Waals surface area contributed by atoms with Gasteiger partial charge >= 0.3 is 0 Å². The van der Waals surface area contributed by atoms with Crippen LogP contribution in [0.4, 0.5) is 22.9 Å². The number of furan rings is 3. The van der Waals surface area contributed by atoms with Gasteiger partial charge in [0.05, 0.1) is 11.1 Å². The fourth-order valence-corrected chi connectivity index (χ4v) is 6.49. The summed E-state index contributed by atoms with van der Waals surface area (Å²) in [5.74, 6) is 0.396. The molecule has 0 amide bonds. The number of nitrogens with two attached hydrogens (primary N) is 1. The van der Waals surface area contributed by atoms with Gasteiger partial charge in [0.15, 0.2) is 5.88 Å². The van der Waals surface area contributed by atoms with E-state index in [9.17, 15) is 0 Å². The molecule has 5 aromatic carbocycles. The maximum Gasteiger partial charge on any atom is 0.227 e. The summed E-state index contributed by atoms with van der Waals surface area (Å²) in [4.78, 5) is 6.69. The zero-order valence-corrected chi connectivity index (χ0v) is 23.7. The van der Waals surface area contributed by atoms with Crippen LogP contribution in [0.25, 0.3) is 71.8 Å². The Morgan fingerprint density at radius 3 is 2.43 bits per heavy atom. The molecule has 0 fully saturated rings. The lowest BCUT2D eigenvalue weighted by Crippen LogP contribution is -2.10. The number of nitrogens with zero attached hydrogens (tertiary/aromatic N) is 2. The highest BCUT2D eigenvalue weighted by molar-refractivity contribution is 6.20. The standard InChI is InChI=1S/C38H25N3O3/c1-2-7-27-30-20-23(15-18-32(30)43-37(27)39)41(24-14-17-26-28-10-6-19-40-38(28)44-34(26)21-24)31-11-5-12-33-35(31)29-16-13-22-8-3-4-9-25(22)36(29)42-33/h2-21H,39H2,1H3/b7-2-. The van der Waals surface area contributed by atoms with E-state index in [-0.39, 0.29) is 0 Å². The Hall–Kier alpha value is -6.01. The summed E-state index contributed by atoms with van der Waals surface area (Å²) in [6, 6.07) is 35.3. The van der Waals surface area contributed by atoms with Gasteiger partial charge in [0.1, 0.15) is 22.3 Å². The fourth-order valence-electron chi connectivity index (χ4n) is 6.49. The molecule has 6 heteroatoms. The number of pyridine rings is 1. The number of rotatable bonds is 4. The highest BCUT2D eigenvalue weighted by Crippen LogP contribution is 2.46. The van der Waals surface area contributed by atoms with Crippen LogP contribution < -0.4 is 10.6 Å². The van der Waals surface area contributed by atoms with Gasteiger partial charge in [-0.3, -0.25) is 0 Å². The molecule has 0 spiro atoms. The molecule has 4 heterocycles. The molecule has 0 saturated carbocycles. The first-order chi connectivity index (χ1) is 21.7. The minimum Gasteiger partial charge on any atom is -0.455 e. The maximum atomic E-state index is 6.57. The third kappa shape index (κ3) is 3.51. The zero-order chi connectivity index (χ0) is 29.4. The first-order valence-electron chi connectivity index (χ1n) is 14.5. The van der Waals surface area contributed by atoms with E-state index in [1.165, 1.54) is 0 Å². The minimum atomic E-state index is 0.396. The summed E-state index contributed by atoms with van der Waals surface area (Å²) >= 11 is 0. The lowest BCUT2D eigenvalue weighted by Gasteiger charge is -2.26. The van der Waals surface area contributed by atoms with Crippen LogP contribution in [-0.2, 0) is 0 Å². The van der Waals surface area contributed by atoms with Gasteiger partial charge in [0.25, 0.3) is 0 Å². The van der Waals surface area contributed by atoms with E-state index in [0.717, 1.165) is 82.7 Å². The molecule has 4 aromatic heterocycles. The van der Waals surface area contributed by atoms with Crippen LogP contribution in [0.15, 0.2) is 129 Å². The van der Waals surface area contributed by atoms with Gasteiger partial charge < -0.3 is 23.9 Å². The van der Waals surface area contributed by atoms with Gasteiger partial charge in [-0.2, -0.15) is 0 Å². The van der Waals surface area contributed by atoms with Crippen molar-refractivity contribution in [2.75, 3.05) is 10.6 Å². The van der Waals surface area contributed by atoms with E-state index < -0.39 is 0 Å². The van der Waals surface area contributed by atoms with E-state index in [1.807, 2.05) is 55.5 Å². The smallest absolute Gasteiger partial charge is 0.227 e. The Kier molecular flexibility index (Phi) is 5.16. The largest absolute Gasteiger partial charge is 0.455 e. The first kappa shape index (κ1) is 24.6. The topological polar surface area (TPSA) is 81.6 Å². The van der Waals surface area contributed by atoms with E-state index >= 15 is 0 Å². The highest BCUT2D eigenvalue weighted by atomic mass is 16.3. The van der Waals surface area contributed by atoms with E-state index in [0.29, 0.717) is 11.6 Å². The molecule has 0 saturated heterocycles. The van der Waals surface area contributed by atoms with Crippen LogP contribution >= 0.6 is 0 Å². The van der Waals surface area contributed by atoms with Crippen molar-refractivity contribution in [1.29, 1.82) is 0 Å². The number of nitrogen functional groups attached to an aromatic ring is 1. The molecule has 0 radical (unpaired) electrons. The second kappa shape index (κ2) is 9.24. The van der Waals surface area contributed by atoms with E-state index in [2.05, 4.69) is 76.6 Å². The van der Waals surface area contributed by atoms with Gasteiger partial charge in [0, 0.05) is 56.1 Å². The first-order valence-corrected chi connectivity index (χ1v) is 14.5. The lowest BCUT2D eigenvalue weighted by atomic mass is 10.0. The molecular weight excluding hydrogens is 546 g/mol. The summed E-state index contributed by atoms with van der Waals surface area (Å²) in [5, 5.41) is 7.25. The molecule has 0 aliphatic carbocycles. The zero-order valence-electron chi connectivity index (χ0n) is 23.7. The molecule has 2 N–H and O–H groups in total. The molecule has 44 heavy (non-hydrogen) atoms. The average molecular weight is 572 g/mol. The third-order valence-electron chi connectivity index (χ3n) is 8.43. The van der Waals surface area contributed by atoms with Crippen LogP contribution in [0.3, 0.4) is 0 Å². The Bertz CT molecular complexity index is 2600. The summed E-state index contributed by atoms with van der Waals surface area (Å²) in [5.41, 5.74) is 13.8. The summed E-state index contributed by atoms with van der Waals surface area (Å²) in [6.45, 7) is 1.97. The molecule has 6 nitrogen and oxygen atoms in total. The second-order valence-electron chi connectivity index (χ2n) is 11.0. The van der Waals surface area contributed by atoms with Crippen molar-refractivity contribution in [3.63, 3.8) is 0 Å². The quantitative estimate of drug-likeness (QED) is 0.226. The van der Waals surface area contributed by atoms with Gasteiger partial charge in [-0.1, -0.05) is 48.6 Å². The van der Waals surface area contributed by atoms with Crippen molar-refractivity contribution in [2.24, 2.45) is 0 Å². The SMILES string of the molecule is C/C=C\c1c(N)oc2ccc(N(c3ccc4c(c3)oc3ncccc34)c3cccc4oc5c6ccccc6ccc5c34)cc12. The number of hydrogen-bond acceptors (Lipinski definition) is 6. The van der Waals surface area contributed by atoms with Crippen molar-refractivity contribution in [3.05, 3.63) is 121 Å². The number of fused-ring (bicyclic) bond motifs is 9. The Labute approximate surface area is 251 Å². The second-order valence-corrected chi connectivity index (χ2v) is 11.0. The summed E-state index contributed by atoms with van der Waals surface area (Å²) in [7, 11) is 0. The van der Waals surface area contributed by atoms with Crippen LogP contribution in [-0.4, -0.2) is 4.98 Å². The highest BCUT2D eigenvalue weighted by Gasteiger charge is 2.22. The number of hydrogen-bond donors (Lipinski definition) is 1. The molecule has 0 atom stereocenters. The molecule has 9 aromatic rings. The molecule has 9 rings (SSSR count). The van der Waals surface area contributed by atoms with Crippen LogP contribution in [0.1, 0.15) is 12.5 Å². The van der Waals surface area contributed by atoms with Gasteiger partial charge in [-0.15, -0.1) is 0 Å². The van der Waals surface area contributed by atoms with Crippen LogP contribution in [0, 0.1) is 0 Å². The third-order valence-corrected chi connectivity index (χ3v) is 8.43. The molecule has 0 aliphatic rings. The number of benzene rings is 5. The normalized spacial score (nSPS) is 12.2. The maximum absolute atomic E-state index is 6.57. The monoisotopic (exact) mass is 571 g/mol. The molecule has 0 bridgehead atoms. The van der Waals surface area contributed by atoms with Crippen LogP contribution in [0.5, 0.6) is 0 Å². The van der Waals surface area contributed by atoms with Crippen molar-refractivity contribution in [3.8, 4) is 0 Å². The summed E-state index contributed by atoms with van der Waals surface area (Å²) < 4.78 is 18.7. The lowest BCUT2D eigenvalue weighted by molar-refractivity contribution is 0.636. The van der Waals surface area contributed by atoms with Crippen molar-refractivity contribution in [2.45, 2.75) is 6.92 Å². The molecule has 0 aliphatic heterocycles. The predicted molar refractivity (Wildman–Crippen MR) is 180 cm³/mol. The number of aromatic nitrogens is 1. The molecule has 210 valence electrons. The molecule has 0 unspecified atom stereocenters. The molecular formula is C38H25N3O3. The Balaban J connectivity index is 1.36. The fraction of sp³-hybridized carbons (Fsp3) is 0.0263. The van der Waals surface area contributed by atoms with E-state index in [1.54, 1.807) is 6.20 Å². The predicted octanol–water partition coefficient (Wildman–Crippen LogP) is 10.9. The van der Waals surface area contributed by atoms with Crippen molar-refractivity contribution in [1.82, 2.24) is 4.98 Å².